The summed E-state index contributed by atoms with van der Waals surface area (Å²) in [6.07, 6.45) is -0.271. The Bertz CT molecular complexity index is 1320. The van der Waals surface area contributed by atoms with Crippen molar-refractivity contribution in [2.75, 3.05) is 32.1 Å². The lowest BCUT2D eigenvalue weighted by molar-refractivity contribution is -0.152. The van der Waals surface area contributed by atoms with Crippen LogP contribution in [0.2, 0.25) is 10.0 Å². The highest BCUT2D eigenvalue weighted by atomic mass is 35.5. The quantitative estimate of drug-likeness (QED) is 0.261. The number of carbonyl (C=O) groups excluding carboxylic acids is 2. The van der Waals surface area contributed by atoms with Crippen molar-refractivity contribution < 1.29 is 19.1 Å². The van der Waals surface area contributed by atoms with Crippen molar-refractivity contribution in [2.24, 2.45) is 0 Å². The van der Waals surface area contributed by atoms with Gasteiger partial charge in [-0.1, -0.05) is 59.6 Å². The smallest absolute Gasteiger partial charge is 0.303 e. The molecule has 2 unspecified atom stereocenters. The summed E-state index contributed by atoms with van der Waals surface area (Å²) in [6, 6.07) is 21.0. The van der Waals surface area contributed by atoms with Gasteiger partial charge in [0.2, 0.25) is 0 Å². The lowest BCUT2D eigenvalue weighted by Crippen LogP contribution is -2.48. The summed E-state index contributed by atoms with van der Waals surface area (Å²) >= 11 is 14.1. The predicted molar refractivity (Wildman–Crippen MR) is 158 cm³/mol. The summed E-state index contributed by atoms with van der Waals surface area (Å²) in [7, 11) is 3.63. The number of amides is 1. The number of thioether (sulfide) groups is 1. The van der Waals surface area contributed by atoms with Crippen LogP contribution in [0.25, 0.3) is 0 Å². The van der Waals surface area contributed by atoms with Crippen molar-refractivity contribution in [1.82, 2.24) is 4.90 Å². The molecule has 39 heavy (non-hydrogen) atoms. The molecule has 0 bridgehead atoms. The molecule has 0 spiro atoms. The van der Waals surface area contributed by atoms with Gasteiger partial charge in [0.25, 0.3) is 5.91 Å². The second kappa shape index (κ2) is 13.1. The molecule has 9 heteroatoms. The number of likely N-dealkylation sites (N-methyl/N-ethyl adjacent to an activating group) is 1. The van der Waals surface area contributed by atoms with Crippen LogP contribution in [0.5, 0.6) is 5.75 Å². The highest BCUT2D eigenvalue weighted by Gasteiger charge is 2.41. The van der Waals surface area contributed by atoms with Crippen molar-refractivity contribution in [3.8, 4) is 5.75 Å². The fourth-order valence-electron chi connectivity index (χ4n) is 4.56. The molecule has 3 aromatic carbocycles. The van der Waals surface area contributed by atoms with Gasteiger partial charge in [-0.05, 0) is 61.9 Å². The Balaban J connectivity index is 1.60. The SMILES string of the molecule is COc1ccc([C@@H]2Sc3ccccc3N(CC(C)N(C)CCc3cccc(Cl)c3Cl)C(=O)C2OC(C)=O)cc1. The Morgan fingerprint density at radius 1 is 1.08 bits per heavy atom. The highest BCUT2D eigenvalue weighted by molar-refractivity contribution is 7.99. The van der Waals surface area contributed by atoms with Gasteiger partial charge >= 0.3 is 5.97 Å². The number of nitrogens with zero attached hydrogens (tertiary/aromatic N) is 2. The third-order valence-corrected chi connectivity index (χ3v) is 9.13. The second-order valence-corrected chi connectivity index (χ2v) is 11.5. The molecule has 1 heterocycles. The first-order chi connectivity index (χ1) is 18.7. The summed E-state index contributed by atoms with van der Waals surface area (Å²) in [5.41, 5.74) is 2.66. The summed E-state index contributed by atoms with van der Waals surface area (Å²) < 4.78 is 11.0. The molecule has 6 nitrogen and oxygen atoms in total. The minimum Gasteiger partial charge on any atom is -0.497 e. The number of fused-ring (bicyclic) bond motifs is 1. The molecule has 1 aliphatic heterocycles. The number of anilines is 1. The Morgan fingerprint density at radius 2 is 1.79 bits per heavy atom. The zero-order valence-corrected chi connectivity index (χ0v) is 24.7. The van der Waals surface area contributed by atoms with Gasteiger partial charge in [-0.15, -0.1) is 11.8 Å². The number of halogens is 2. The van der Waals surface area contributed by atoms with Gasteiger partial charge in [-0.2, -0.15) is 0 Å². The molecular formula is C30H32Cl2N2O4S. The minimum absolute atomic E-state index is 0.000445. The maximum atomic E-state index is 14.1. The van der Waals surface area contributed by atoms with Crippen LogP contribution in [0.1, 0.15) is 30.2 Å². The van der Waals surface area contributed by atoms with E-state index in [1.54, 1.807) is 18.1 Å². The van der Waals surface area contributed by atoms with Crippen LogP contribution in [-0.4, -0.2) is 56.2 Å². The number of methoxy groups -OCH3 is 1. The molecule has 0 saturated heterocycles. The Hall–Kier alpha value is -2.71. The van der Waals surface area contributed by atoms with Crippen LogP contribution in [0.3, 0.4) is 0 Å². The van der Waals surface area contributed by atoms with Crippen molar-refractivity contribution in [3.63, 3.8) is 0 Å². The standard InChI is InChI=1S/C30H32Cl2N2O4S/c1-19(33(3)17-16-21-8-7-9-24(31)27(21)32)18-34-25-10-5-6-11-26(25)39-29(28(30(34)36)38-20(2)35)22-12-14-23(37-4)15-13-22/h5-15,19,28-29H,16-18H2,1-4H3/t19?,28?,29-/m0/s1. The average Bonchev–Trinajstić information content (AvgIpc) is 3.04. The van der Waals surface area contributed by atoms with Crippen LogP contribution in [-0.2, 0) is 20.7 Å². The minimum atomic E-state index is -0.990. The Kier molecular flexibility index (Phi) is 9.83. The Morgan fingerprint density at radius 3 is 2.49 bits per heavy atom. The number of hydrogen-bond donors (Lipinski definition) is 0. The van der Waals surface area contributed by atoms with Gasteiger partial charge in [0.1, 0.15) is 5.75 Å². The number of rotatable bonds is 9. The third kappa shape index (κ3) is 6.90. The van der Waals surface area contributed by atoms with Gasteiger partial charge < -0.3 is 19.3 Å². The average molecular weight is 588 g/mol. The zero-order chi connectivity index (χ0) is 28.1. The van der Waals surface area contributed by atoms with Crippen molar-refractivity contribution in [2.45, 2.75) is 42.6 Å². The normalized spacial score (nSPS) is 17.9. The van der Waals surface area contributed by atoms with Gasteiger partial charge in [0.05, 0.1) is 28.1 Å². The molecule has 1 aliphatic rings. The number of para-hydroxylation sites is 1. The molecule has 0 fully saturated rings. The van der Waals surface area contributed by atoms with E-state index in [0.717, 1.165) is 34.7 Å². The zero-order valence-electron chi connectivity index (χ0n) is 22.4. The third-order valence-electron chi connectivity index (χ3n) is 6.90. The van der Waals surface area contributed by atoms with Crippen LogP contribution in [0.15, 0.2) is 71.6 Å². The van der Waals surface area contributed by atoms with Gasteiger partial charge in [-0.25, -0.2) is 0 Å². The van der Waals surface area contributed by atoms with E-state index in [1.165, 1.54) is 18.7 Å². The topological polar surface area (TPSA) is 59.1 Å². The first-order valence-electron chi connectivity index (χ1n) is 12.7. The predicted octanol–water partition coefficient (Wildman–Crippen LogP) is 6.68. The maximum absolute atomic E-state index is 14.1. The van der Waals surface area contributed by atoms with E-state index in [2.05, 4.69) is 11.8 Å². The summed E-state index contributed by atoms with van der Waals surface area (Å²) in [6.45, 7) is 4.56. The largest absolute Gasteiger partial charge is 0.497 e. The van der Waals surface area contributed by atoms with E-state index >= 15 is 0 Å². The summed E-state index contributed by atoms with van der Waals surface area (Å²) in [5, 5.41) is 0.691. The number of esters is 1. The highest BCUT2D eigenvalue weighted by Crippen LogP contribution is 2.47. The molecule has 0 saturated carbocycles. The molecule has 0 aromatic heterocycles. The summed E-state index contributed by atoms with van der Waals surface area (Å²) in [5.74, 6) is -0.0331. The second-order valence-electron chi connectivity index (χ2n) is 9.55. The number of benzene rings is 3. The first kappa shape index (κ1) is 29.3. The number of ether oxygens (including phenoxy) is 2. The lowest BCUT2D eigenvalue weighted by atomic mass is 10.0. The van der Waals surface area contributed by atoms with Crippen molar-refractivity contribution >= 4 is 52.5 Å². The molecule has 3 aromatic rings. The Labute approximate surface area is 244 Å². The van der Waals surface area contributed by atoms with E-state index in [4.69, 9.17) is 32.7 Å². The molecular weight excluding hydrogens is 555 g/mol. The van der Waals surface area contributed by atoms with Crippen LogP contribution < -0.4 is 9.64 Å². The summed E-state index contributed by atoms with van der Waals surface area (Å²) in [4.78, 5) is 31.2. The van der Waals surface area contributed by atoms with E-state index in [-0.39, 0.29) is 11.9 Å². The van der Waals surface area contributed by atoms with E-state index in [1.807, 2.05) is 67.7 Å². The molecule has 0 aliphatic carbocycles. The number of hydrogen-bond acceptors (Lipinski definition) is 6. The monoisotopic (exact) mass is 586 g/mol. The van der Waals surface area contributed by atoms with E-state index in [9.17, 15) is 9.59 Å². The van der Waals surface area contributed by atoms with Gasteiger partial charge in [0, 0.05) is 31.0 Å². The first-order valence-corrected chi connectivity index (χ1v) is 14.3. The molecule has 0 radical (unpaired) electrons. The fraction of sp³-hybridized carbons (Fsp3) is 0.333. The molecule has 0 N–H and O–H groups in total. The molecule has 206 valence electrons. The molecule has 3 atom stereocenters. The molecule has 4 rings (SSSR count). The molecule has 1 amide bonds. The number of carbonyl (C=O) groups is 2. The van der Waals surface area contributed by atoms with Gasteiger partial charge in [-0.3, -0.25) is 9.59 Å². The van der Waals surface area contributed by atoms with Crippen LogP contribution in [0.4, 0.5) is 5.69 Å². The maximum Gasteiger partial charge on any atom is 0.303 e. The van der Waals surface area contributed by atoms with Gasteiger partial charge in [0.15, 0.2) is 6.10 Å². The van der Waals surface area contributed by atoms with Crippen molar-refractivity contribution in [3.05, 3.63) is 87.9 Å². The van der Waals surface area contributed by atoms with Crippen LogP contribution in [0, 0.1) is 0 Å². The van der Waals surface area contributed by atoms with Crippen LogP contribution >= 0.6 is 35.0 Å². The van der Waals surface area contributed by atoms with E-state index < -0.39 is 17.3 Å². The van der Waals surface area contributed by atoms with Crippen molar-refractivity contribution in [1.29, 1.82) is 0 Å². The fourth-order valence-corrected chi connectivity index (χ4v) is 6.29. The van der Waals surface area contributed by atoms with E-state index in [0.29, 0.717) is 22.3 Å². The lowest BCUT2D eigenvalue weighted by Gasteiger charge is -2.33.